The van der Waals surface area contributed by atoms with Gasteiger partial charge in [-0.1, -0.05) is 60.2 Å². The van der Waals surface area contributed by atoms with Crippen LogP contribution in [0.2, 0.25) is 0 Å². The van der Waals surface area contributed by atoms with Crippen LogP contribution in [0.3, 0.4) is 0 Å². The monoisotopic (exact) mass is 475 g/mol. The van der Waals surface area contributed by atoms with E-state index in [-0.39, 0.29) is 5.78 Å². The number of aryl methyl sites for hydroxylation is 1. The molecule has 0 bridgehead atoms. The number of hydrogen-bond acceptors (Lipinski definition) is 6. The summed E-state index contributed by atoms with van der Waals surface area (Å²) in [5, 5.41) is 10.7. The molecule has 0 spiro atoms. The summed E-state index contributed by atoms with van der Waals surface area (Å²) < 4.78 is 1.65. The Labute approximate surface area is 207 Å². The number of hydrogen-bond donors (Lipinski definition) is 1. The first-order valence-corrected chi connectivity index (χ1v) is 12.0. The molecule has 6 nitrogen and oxygen atoms in total. The molecule has 5 aromatic rings. The van der Waals surface area contributed by atoms with Gasteiger partial charge in [-0.3, -0.25) is 4.79 Å². The highest BCUT2D eigenvalue weighted by Crippen LogP contribution is 2.22. The van der Waals surface area contributed by atoms with E-state index in [0.717, 1.165) is 28.1 Å². The molecule has 0 aliphatic heterocycles. The van der Waals surface area contributed by atoms with E-state index < -0.39 is 0 Å². The second-order valence-electron chi connectivity index (χ2n) is 7.89. The lowest BCUT2D eigenvalue weighted by Crippen LogP contribution is -2.03. The molecule has 0 aliphatic rings. The number of terminal acetylenes is 1. The largest absolute Gasteiger partial charge is 0.340 e. The molecule has 0 saturated carbocycles. The molecule has 0 radical (unpaired) electrons. The second-order valence-corrected chi connectivity index (χ2v) is 8.83. The van der Waals surface area contributed by atoms with Crippen molar-refractivity contribution >= 4 is 51.7 Å². The third-order valence-corrected chi connectivity index (χ3v) is 6.09. The van der Waals surface area contributed by atoms with E-state index in [1.807, 2.05) is 49.4 Å². The standard InChI is InChI=1S/C28H21N5OS/c1-3-16-35-28-31-27-29-19(2)17-26(33(27)32-28)30-24-13-11-22(12-14-24)25(34)15-9-20-8-10-21-6-4-5-7-23(21)18-20/h1,4-15,17-18,30H,16H2,2H3/b15-9+. The molecule has 170 valence electrons. The summed E-state index contributed by atoms with van der Waals surface area (Å²) in [4.78, 5) is 21.6. The first-order valence-electron chi connectivity index (χ1n) is 11.0. The molecule has 0 fully saturated rings. The van der Waals surface area contributed by atoms with Crippen molar-refractivity contribution in [3.8, 4) is 12.3 Å². The van der Waals surface area contributed by atoms with Crippen molar-refractivity contribution in [3.05, 3.63) is 95.7 Å². The number of anilines is 2. The van der Waals surface area contributed by atoms with Gasteiger partial charge < -0.3 is 5.32 Å². The highest BCUT2D eigenvalue weighted by molar-refractivity contribution is 7.99. The average Bonchev–Trinajstić information content (AvgIpc) is 3.29. The smallest absolute Gasteiger partial charge is 0.255 e. The molecule has 0 unspecified atom stereocenters. The number of carbonyl (C=O) groups is 1. The highest BCUT2D eigenvalue weighted by atomic mass is 32.2. The molecule has 2 heterocycles. The van der Waals surface area contributed by atoms with Crippen LogP contribution in [0, 0.1) is 19.3 Å². The van der Waals surface area contributed by atoms with Gasteiger partial charge in [-0.15, -0.1) is 11.5 Å². The normalized spacial score (nSPS) is 11.2. The third-order valence-electron chi connectivity index (χ3n) is 5.35. The number of aromatic nitrogens is 4. The summed E-state index contributed by atoms with van der Waals surface area (Å²) in [7, 11) is 0. The summed E-state index contributed by atoms with van der Waals surface area (Å²) in [5.41, 5.74) is 3.23. The minimum absolute atomic E-state index is 0.0571. The van der Waals surface area contributed by atoms with Gasteiger partial charge in [0, 0.05) is 23.0 Å². The van der Waals surface area contributed by atoms with Gasteiger partial charge in [0.25, 0.3) is 5.78 Å². The second kappa shape index (κ2) is 9.84. The Kier molecular flexibility index (Phi) is 6.29. The van der Waals surface area contributed by atoms with Gasteiger partial charge in [-0.05, 0) is 59.7 Å². The van der Waals surface area contributed by atoms with Crippen molar-refractivity contribution in [2.24, 2.45) is 0 Å². The number of fused-ring (bicyclic) bond motifs is 2. The van der Waals surface area contributed by atoms with Crippen LogP contribution in [-0.4, -0.2) is 31.1 Å². The van der Waals surface area contributed by atoms with Crippen LogP contribution in [0.25, 0.3) is 22.6 Å². The summed E-state index contributed by atoms with van der Waals surface area (Å²) in [6, 6.07) is 23.5. The van der Waals surface area contributed by atoms with Crippen molar-refractivity contribution < 1.29 is 4.79 Å². The number of rotatable bonds is 7. The minimum Gasteiger partial charge on any atom is -0.340 e. The Morgan fingerprint density at radius 3 is 2.66 bits per heavy atom. The van der Waals surface area contributed by atoms with E-state index in [4.69, 9.17) is 6.42 Å². The topological polar surface area (TPSA) is 72.2 Å². The highest BCUT2D eigenvalue weighted by Gasteiger charge is 2.11. The lowest BCUT2D eigenvalue weighted by molar-refractivity contribution is 0.104. The van der Waals surface area contributed by atoms with Gasteiger partial charge in [0.1, 0.15) is 5.82 Å². The van der Waals surface area contributed by atoms with Crippen LogP contribution in [-0.2, 0) is 0 Å². The van der Waals surface area contributed by atoms with E-state index in [1.165, 1.54) is 17.1 Å². The van der Waals surface area contributed by atoms with Gasteiger partial charge in [-0.2, -0.15) is 9.50 Å². The summed E-state index contributed by atoms with van der Waals surface area (Å²) in [6.45, 7) is 1.90. The van der Waals surface area contributed by atoms with Crippen molar-refractivity contribution in [3.63, 3.8) is 0 Å². The number of nitrogens with one attached hydrogen (secondary N) is 1. The molecule has 35 heavy (non-hydrogen) atoms. The summed E-state index contributed by atoms with van der Waals surface area (Å²) in [6.07, 6.45) is 8.79. The van der Waals surface area contributed by atoms with Crippen LogP contribution in [0.5, 0.6) is 0 Å². The quantitative estimate of drug-likeness (QED) is 0.136. The van der Waals surface area contributed by atoms with Gasteiger partial charge >= 0.3 is 0 Å². The number of nitrogens with zero attached hydrogens (tertiary/aromatic N) is 4. The van der Waals surface area contributed by atoms with Crippen molar-refractivity contribution in [1.29, 1.82) is 0 Å². The molecule has 1 N–H and O–H groups in total. The Morgan fingerprint density at radius 2 is 1.86 bits per heavy atom. The van der Waals surface area contributed by atoms with Crippen molar-refractivity contribution in [2.75, 3.05) is 11.1 Å². The van der Waals surface area contributed by atoms with Crippen LogP contribution in [0.15, 0.2) is 84.0 Å². The van der Waals surface area contributed by atoms with Crippen LogP contribution >= 0.6 is 11.8 Å². The van der Waals surface area contributed by atoms with E-state index in [2.05, 4.69) is 50.6 Å². The minimum atomic E-state index is -0.0571. The molecule has 0 aliphatic carbocycles. The maximum Gasteiger partial charge on any atom is 0.255 e. The molecular formula is C28H21N5OS. The molecule has 7 heteroatoms. The predicted octanol–water partition coefficient (Wildman–Crippen LogP) is 5.95. The van der Waals surface area contributed by atoms with Crippen molar-refractivity contribution in [1.82, 2.24) is 19.6 Å². The van der Waals surface area contributed by atoms with Gasteiger partial charge in [0.15, 0.2) is 5.78 Å². The Morgan fingerprint density at radius 1 is 1.06 bits per heavy atom. The zero-order chi connectivity index (χ0) is 24.2. The lowest BCUT2D eigenvalue weighted by atomic mass is 10.1. The molecule has 0 atom stereocenters. The number of benzene rings is 3. The van der Waals surface area contributed by atoms with Crippen molar-refractivity contribution in [2.45, 2.75) is 12.1 Å². The van der Waals surface area contributed by atoms with E-state index >= 15 is 0 Å². The third kappa shape index (κ3) is 5.08. The molecule has 3 aromatic carbocycles. The fourth-order valence-electron chi connectivity index (χ4n) is 3.67. The predicted molar refractivity (Wildman–Crippen MR) is 142 cm³/mol. The number of allylic oxidation sites excluding steroid dienone is 1. The zero-order valence-corrected chi connectivity index (χ0v) is 19.8. The van der Waals surface area contributed by atoms with E-state index in [9.17, 15) is 4.79 Å². The number of carbonyl (C=O) groups excluding carboxylic acids is 1. The lowest BCUT2D eigenvalue weighted by Gasteiger charge is -2.09. The van der Waals surface area contributed by atoms with Gasteiger partial charge in [-0.25, -0.2) is 4.98 Å². The van der Waals surface area contributed by atoms with Gasteiger partial charge in [0.05, 0.1) is 5.75 Å². The molecule has 0 amide bonds. The summed E-state index contributed by atoms with van der Waals surface area (Å²) >= 11 is 1.38. The molecule has 2 aromatic heterocycles. The number of ketones is 1. The van der Waals surface area contributed by atoms with E-state index in [0.29, 0.717) is 22.3 Å². The number of thioether (sulfide) groups is 1. The summed E-state index contributed by atoms with van der Waals surface area (Å²) in [5.74, 6) is 4.23. The Hall–Kier alpha value is -4.41. The zero-order valence-electron chi connectivity index (χ0n) is 19.0. The first-order chi connectivity index (χ1) is 17.1. The maximum absolute atomic E-state index is 12.7. The van der Waals surface area contributed by atoms with Crippen LogP contribution < -0.4 is 5.32 Å². The first kappa shape index (κ1) is 22.4. The maximum atomic E-state index is 12.7. The average molecular weight is 476 g/mol. The fraction of sp³-hybridized carbons (Fsp3) is 0.0714. The van der Waals surface area contributed by atoms with Crippen LogP contribution in [0.4, 0.5) is 11.5 Å². The fourth-order valence-corrected chi connectivity index (χ4v) is 4.17. The Bertz CT molecular complexity index is 1610. The molecular weight excluding hydrogens is 454 g/mol. The SMILES string of the molecule is C#CCSc1nc2nc(C)cc(Nc3ccc(C(=O)/C=C/c4ccc5ccccc5c4)cc3)n2n1. The molecule has 0 saturated heterocycles. The van der Waals surface area contributed by atoms with Crippen LogP contribution in [0.1, 0.15) is 21.6 Å². The Balaban J connectivity index is 1.31. The molecule has 5 rings (SSSR count). The van der Waals surface area contributed by atoms with E-state index in [1.54, 1.807) is 22.7 Å². The van der Waals surface area contributed by atoms with Gasteiger partial charge in [0.2, 0.25) is 5.16 Å².